The Morgan fingerprint density at radius 2 is 1.87 bits per heavy atom. The quantitative estimate of drug-likeness (QED) is 0.525. The number of rotatable bonds is 8. The molecule has 0 atom stereocenters. The van der Waals surface area contributed by atoms with E-state index in [1.807, 2.05) is 26.0 Å². The van der Waals surface area contributed by atoms with Crippen LogP contribution in [0.3, 0.4) is 0 Å². The summed E-state index contributed by atoms with van der Waals surface area (Å²) in [7, 11) is 0. The number of alkyl halides is 1. The number of carbonyl (C=O) groups is 2. The van der Waals surface area contributed by atoms with Gasteiger partial charge in [0.25, 0.3) is 5.91 Å². The summed E-state index contributed by atoms with van der Waals surface area (Å²) in [6, 6.07) is 8.18. The zero-order valence-electron chi connectivity index (χ0n) is 17.7. The molecular formula is C23H31ClN2O3S. The monoisotopic (exact) mass is 450 g/mol. The van der Waals surface area contributed by atoms with Crippen molar-refractivity contribution in [2.75, 3.05) is 25.6 Å². The Hall–Kier alpha value is -1.63. The van der Waals surface area contributed by atoms with Crippen molar-refractivity contribution in [2.45, 2.75) is 45.4 Å². The maximum absolute atomic E-state index is 12.7. The zero-order valence-corrected chi connectivity index (χ0v) is 19.2. The van der Waals surface area contributed by atoms with Gasteiger partial charge in [0, 0.05) is 23.7 Å². The van der Waals surface area contributed by atoms with Gasteiger partial charge in [-0.05, 0) is 68.4 Å². The minimum absolute atomic E-state index is 0.00583. The third kappa shape index (κ3) is 5.16. The number of carbonyl (C=O) groups excluding carboxylic acids is 2. The summed E-state index contributed by atoms with van der Waals surface area (Å²) >= 11 is 7.43. The fraction of sp³-hybridized carbons (Fsp3) is 0.565. The minimum Gasteiger partial charge on any atom is -0.395 e. The van der Waals surface area contributed by atoms with E-state index in [0.29, 0.717) is 24.3 Å². The highest BCUT2D eigenvalue weighted by Crippen LogP contribution is 2.43. The molecule has 0 saturated heterocycles. The first-order chi connectivity index (χ1) is 14.4. The SMILES string of the molecule is CC(C)(CCl)C(=O)NCC1CCC(c2c(C(=O)NCCO)sc3ccccc23)CC1. The zero-order chi connectivity index (χ0) is 21.7. The van der Waals surface area contributed by atoms with Crippen molar-refractivity contribution in [2.24, 2.45) is 11.3 Å². The van der Waals surface area contributed by atoms with Crippen LogP contribution in [0.4, 0.5) is 0 Å². The van der Waals surface area contributed by atoms with Crippen LogP contribution in [0.25, 0.3) is 10.1 Å². The standard InChI is InChI=1S/C23H31ClN2O3S/c1-23(2,14-24)22(29)26-13-15-7-9-16(10-8-15)19-17-5-3-4-6-18(17)30-20(19)21(28)25-11-12-27/h3-6,15-16,27H,7-14H2,1-2H3,(H,25,28)(H,26,29). The van der Waals surface area contributed by atoms with Gasteiger partial charge in [-0.25, -0.2) is 0 Å². The smallest absolute Gasteiger partial charge is 0.261 e. The first-order valence-electron chi connectivity index (χ1n) is 10.6. The van der Waals surface area contributed by atoms with E-state index in [-0.39, 0.29) is 25.0 Å². The number of halogens is 1. The highest BCUT2D eigenvalue weighted by atomic mass is 35.5. The first-order valence-corrected chi connectivity index (χ1v) is 12.0. The van der Waals surface area contributed by atoms with Gasteiger partial charge < -0.3 is 15.7 Å². The number of benzene rings is 1. The Morgan fingerprint density at radius 3 is 2.53 bits per heavy atom. The second-order valence-electron chi connectivity index (χ2n) is 8.77. The molecule has 0 unspecified atom stereocenters. The van der Waals surface area contributed by atoms with Gasteiger partial charge >= 0.3 is 0 Å². The summed E-state index contributed by atoms with van der Waals surface area (Å²) in [5.74, 6) is 0.997. The van der Waals surface area contributed by atoms with Crippen LogP contribution in [-0.2, 0) is 4.79 Å². The maximum atomic E-state index is 12.7. The predicted octanol–water partition coefficient (Wildman–Crippen LogP) is 4.28. The second kappa shape index (κ2) is 10.1. The Labute approximate surface area is 187 Å². The molecule has 1 aromatic heterocycles. The molecule has 3 N–H and O–H groups in total. The van der Waals surface area contributed by atoms with E-state index in [1.54, 1.807) is 0 Å². The van der Waals surface area contributed by atoms with Crippen LogP contribution in [-0.4, -0.2) is 42.5 Å². The number of amides is 2. The molecule has 2 aromatic rings. The topological polar surface area (TPSA) is 78.4 Å². The van der Waals surface area contributed by atoms with Gasteiger partial charge in [0.1, 0.15) is 0 Å². The normalized spacial score (nSPS) is 19.6. The number of hydrogen-bond acceptors (Lipinski definition) is 4. The van der Waals surface area contributed by atoms with Crippen LogP contribution in [0.15, 0.2) is 24.3 Å². The molecule has 1 aromatic carbocycles. The third-order valence-electron chi connectivity index (χ3n) is 5.99. The first kappa shape index (κ1) is 23.0. The largest absolute Gasteiger partial charge is 0.395 e. The molecule has 0 spiro atoms. The molecule has 5 nitrogen and oxygen atoms in total. The molecule has 2 amide bonds. The van der Waals surface area contributed by atoms with Gasteiger partial charge in [-0.1, -0.05) is 18.2 Å². The lowest BCUT2D eigenvalue weighted by Crippen LogP contribution is -2.40. The molecule has 0 radical (unpaired) electrons. The van der Waals surface area contributed by atoms with Crippen molar-refractivity contribution in [1.82, 2.24) is 10.6 Å². The fourth-order valence-electron chi connectivity index (χ4n) is 4.08. The molecule has 7 heteroatoms. The van der Waals surface area contributed by atoms with Gasteiger partial charge in [-0.2, -0.15) is 0 Å². The van der Waals surface area contributed by atoms with Gasteiger partial charge in [-0.15, -0.1) is 22.9 Å². The van der Waals surface area contributed by atoms with Gasteiger partial charge in [-0.3, -0.25) is 9.59 Å². The summed E-state index contributed by atoms with van der Waals surface area (Å²) < 4.78 is 1.12. The van der Waals surface area contributed by atoms with Crippen molar-refractivity contribution in [3.8, 4) is 0 Å². The third-order valence-corrected chi connectivity index (χ3v) is 7.85. The summed E-state index contributed by atoms with van der Waals surface area (Å²) in [6.07, 6.45) is 4.04. The summed E-state index contributed by atoms with van der Waals surface area (Å²) in [4.78, 5) is 25.8. The maximum Gasteiger partial charge on any atom is 0.261 e. The Bertz CT molecular complexity index is 888. The number of hydrogen-bond donors (Lipinski definition) is 3. The van der Waals surface area contributed by atoms with E-state index in [4.69, 9.17) is 16.7 Å². The van der Waals surface area contributed by atoms with E-state index < -0.39 is 5.41 Å². The molecular weight excluding hydrogens is 420 g/mol. The van der Waals surface area contributed by atoms with Gasteiger partial charge in [0.2, 0.25) is 5.91 Å². The average Bonchev–Trinajstić information content (AvgIpc) is 3.15. The number of aliphatic hydroxyl groups excluding tert-OH is 1. The van der Waals surface area contributed by atoms with Crippen molar-refractivity contribution in [1.29, 1.82) is 0 Å². The number of thiophene rings is 1. The number of nitrogens with one attached hydrogen (secondary N) is 2. The van der Waals surface area contributed by atoms with Crippen LogP contribution >= 0.6 is 22.9 Å². The number of aliphatic hydroxyl groups is 1. The van der Waals surface area contributed by atoms with Crippen molar-refractivity contribution in [3.63, 3.8) is 0 Å². The molecule has 164 valence electrons. The van der Waals surface area contributed by atoms with Crippen molar-refractivity contribution >= 4 is 44.8 Å². The van der Waals surface area contributed by atoms with E-state index >= 15 is 0 Å². The number of fused-ring (bicyclic) bond motifs is 1. The van der Waals surface area contributed by atoms with Crippen molar-refractivity contribution in [3.05, 3.63) is 34.7 Å². The van der Waals surface area contributed by atoms with Crippen LogP contribution in [0.1, 0.15) is 60.7 Å². The minimum atomic E-state index is -0.550. The highest BCUT2D eigenvalue weighted by Gasteiger charge is 2.31. The lowest BCUT2D eigenvalue weighted by molar-refractivity contribution is -0.128. The van der Waals surface area contributed by atoms with E-state index in [9.17, 15) is 9.59 Å². The molecule has 1 heterocycles. The molecule has 0 bridgehead atoms. The van der Waals surface area contributed by atoms with Gasteiger partial charge in [0.05, 0.1) is 16.9 Å². The molecule has 3 rings (SSSR count). The molecule has 1 aliphatic carbocycles. The molecule has 1 aliphatic rings. The van der Waals surface area contributed by atoms with E-state index in [2.05, 4.69) is 22.8 Å². The Morgan fingerprint density at radius 1 is 1.17 bits per heavy atom. The molecule has 1 fully saturated rings. The molecule has 1 saturated carbocycles. The predicted molar refractivity (Wildman–Crippen MR) is 123 cm³/mol. The lowest BCUT2D eigenvalue weighted by Gasteiger charge is -2.30. The second-order valence-corrected chi connectivity index (χ2v) is 10.1. The average molecular weight is 451 g/mol. The van der Waals surface area contributed by atoms with Crippen LogP contribution in [0, 0.1) is 11.3 Å². The summed E-state index contributed by atoms with van der Waals surface area (Å²) in [6.45, 7) is 4.59. The highest BCUT2D eigenvalue weighted by molar-refractivity contribution is 7.21. The van der Waals surface area contributed by atoms with Gasteiger partial charge in [0.15, 0.2) is 0 Å². The Balaban J connectivity index is 1.69. The summed E-state index contributed by atoms with van der Waals surface area (Å²) in [5, 5.41) is 16.1. The fourth-order valence-corrected chi connectivity index (χ4v) is 5.41. The van der Waals surface area contributed by atoms with E-state index in [0.717, 1.165) is 46.2 Å². The Kier molecular flexibility index (Phi) is 7.77. The van der Waals surface area contributed by atoms with Crippen LogP contribution in [0.2, 0.25) is 0 Å². The van der Waals surface area contributed by atoms with Crippen LogP contribution in [0.5, 0.6) is 0 Å². The van der Waals surface area contributed by atoms with E-state index in [1.165, 1.54) is 11.3 Å². The summed E-state index contributed by atoms with van der Waals surface area (Å²) in [5.41, 5.74) is 0.599. The van der Waals surface area contributed by atoms with Crippen LogP contribution < -0.4 is 10.6 Å². The van der Waals surface area contributed by atoms with Crippen molar-refractivity contribution < 1.29 is 14.7 Å². The molecule has 30 heavy (non-hydrogen) atoms. The molecule has 0 aliphatic heterocycles. The lowest BCUT2D eigenvalue weighted by atomic mass is 9.77.